The van der Waals surface area contributed by atoms with Crippen molar-refractivity contribution in [3.8, 4) is 0 Å². The number of benzene rings is 2. The second-order valence-corrected chi connectivity index (χ2v) is 5.69. The summed E-state index contributed by atoms with van der Waals surface area (Å²) in [7, 11) is 0. The number of anilines is 1. The lowest BCUT2D eigenvalue weighted by Crippen LogP contribution is -2.00. The van der Waals surface area contributed by atoms with Gasteiger partial charge < -0.3 is 5.32 Å². The zero-order chi connectivity index (χ0) is 13.1. The highest BCUT2D eigenvalue weighted by Gasteiger charge is 2.01. The van der Waals surface area contributed by atoms with Crippen molar-refractivity contribution in [1.82, 2.24) is 0 Å². The van der Waals surface area contributed by atoms with E-state index in [0.29, 0.717) is 0 Å². The van der Waals surface area contributed by atoms with Gasteiger partial charge in [0, 0.05) is 16.0 Å². The smallest absolute Gasteiger partial charge is 0.0502 e. The third-order valence-corrected chi connectivity index (χ3v) is 3.91. The lowest BCUT2D eigenvalue weighted by Gasteiger charge is -2.10. The maximum atomic E-state index is 5.98. The normalized spacial score (nSPS) is 10.4. The topological polar surface area (TPSA) is 12.0 Å². The first-order chi connectivity index (χ1) is 8.56. The quantitative estimate of drug-likeness (QED) is 0.804. The van der Waals surface area contributed by atoms with Crippen LogP contribution in [0.15, 0.2) is 40.9 Å². The van der Waals surface area contributed by atoms with E-state index in [0.717, 1.165) is 21.7 Å². The van der Waals surface area contributed by atoms with Gasteiger partial charge in [-0.05, 0) is 64.7 Å². The number of hydrogen-bond donors (Lipinski definition) is 1. The average molecular weight is 325 g/mol. The van der Waals surface area contributed by atoms with E-state index in [4.69, 9.17) is 11.6 Å². The fourth-order valence-electron chi connectivity index (χ4n) is 1.74. The van der Waals surface area contributed by atoms with E-state index >= 15 is 0 Å². The summed E-state index contributed by atoms with van der Waals surface area (Å²) < 4.78 is 1.02. The molecule has 1 N–H and O–H groups in total. The van der Waals surface area contributed by atoms with Gasteiger partial charge >= 0.3 is 0 Å². The van der Waals surface area contributed by atoms with Crippen molar-refractivity contribution < 1.29 is 0 Å². The van der Waals surface area contributed by atoms with Gasteiger partial charge in [-0.1, -0.05) is 29.8 Å². The van der Waals surface area contributed by atoms with Crippen LogP contribution in [0.4, 0.5) is 5.69 Å². The molecule has 1 nitrogen and oxygen atoms in total. The van der Waals surface area contributed by atoms with Crippen LogP contribution in [0, 0.1) is 13.8 Å². The molecule has 0 aliphatic heterocycles. The molecule has 0 aliphatic carbocycles. The van der Waals surface area contributed by atoms with Crippen molar-refractivity contribution >= 4 is 33.2 Å². The molecule has 0 unspecified atom stereocenters. The third-order valence-electron chi connectivity index (χ3n) is 2.98. The van der Waals surface area contributed by atoms with Gasteiger partial charge in [-0.3, -0.25) is 0 Å². The number of rotatable bonds is 3. The van der Waals surface area contributed by atoms with E-state index in [-0.39, 0.29) is 0 Å². The minimum absolute atomic E-state index is 0.737. The summed E-state index contributed by atoms with van der Waals surface area (Å²) in [6.07, 6.45) is 0. The molecule has 0 atom stereocenters. The van der Waals surface area contributed by atoms with Gasteiger partial charge in [0.15, 0.2) is 0 Å². The van der Waals surface area contributed by atoms with Crippen LogP contribution >= 0.6 is 27.5 Å². The molecule has 0 spiro atoms. The van der Waals surface area contributed by atoms with Crippen molar-refractivity contribution in [3.05, 3.63) is 62.6 Å². The van der Waals surface area contributed by atoms with Crippen LogP contribution in [0.25, 0.3) is 0 Å². The van der Waals surface area contributed by atoms with E-state index in [9.17, 15) is 0 Å². The minimum atomic E-state index is 0.737. The summed E-state index contributed by atoms with van der Waals surface area (Å²) in [6, 6.07) is 12.2. The highest BCUT2D eigenvalue weighted by molar-refractivity contribution is 9.10. The summed E-state index contributed by atoms with van der Waals surface area (Å²) in [5.41, 5.74) is 4.92. The molecule has 0 aliphatic rings. The number of hydrogen-bond acceptors (Lipinski definition) is 1. The molecule has 0 saturated carbocycles. The van der Waals surface area contributed by atoms with Crippen LogP contribution in [-0.2, 0) is 6.54 Å². The van der Waals surface area contributed by atoms with E-state index in [1.54, 1.807) is 0 Å². The van der Waals surface area contributed by atoms with Crippen LogP contribution in [0.1, 0.15) is 16.7 Å². The molecule has 0 saturated heterocycles. The Bertz CT molecular complexity index is 566. The maximum absolute atomic E-state index is 5.98. The summed E-state index contributed by atoms with van der Waals surface area (Å²) in [6.45, 7) is 5.05. The summed E-state index contributed by atoms with van der Waals surface area (Å²) in [4.78, 5) is 0. The molecule has 2 rings (SSSR count). The van der Waals surface area contributed by atoms with Crippen molar-refractivity contribution in [1.29, 1.82) is 0 Å². The molecule has 0 radical (unpaired) electrons. The summed E-state index contributed by atoms with van der Waals surface area (Å²) in [5.74, 6) is 0. The molecular weight excluding hydrogens is 310 g/mol. The molecule has 0 amide bonds. The first-order valence-electron chi connectivity index (χ1n) is 5.81. The van der Waals surface area contributed by atoms with Crippen LogP contribution in [0.5, 0.6) is 0 Å². The third kappa shape index (κ3) is 3.27. The number of nitrogens with one attached hydrogen (secondary N) is 1. The van der Waals surface area contributed by atoms with Gasteiger partial charge in [0.25, 0.3) is 0 Å². The van der Waals surface area contributed by atoms with Crippen LogP contribution in [0.3, 0.4) is 0 Å². The Balaban J connectivity index is 2.11. The molecule has 2 aromatic rings. The van der Waals surface area contributed by atoms with Gasteiger partial charge in [0.2, 0.25) is 0 Å². The van der Waals surface area contributed by atoms with Gasteiger partial charge in [0.05, 0.1) is 5.69 Å². The summed E-state index contributed by atoms with van der Waals surface area (Å²) >= 11 is 9.49. The standard InChI is InChI=1S/C15H15BrClN/c1-10-3-4-12(7-11(10)2)9-18-15-8-13(17)5-6-14(15)16/h3-8,18H,9H2,1-2H3. The van der Waals surface area contributed by atoms with Gasteiger partial charge in [-0.15, -0.1) is 0 Å². The SMILES string of the molecule is Cc1ccc(CNc2cc(Cl)ccc2Br)cc1C. The molecule has 0 aromatic heterocycles. The Kier molecular flexibility index (Phi) is 4.31. The van der Waals surface area contributed by atoms with Gasteiger partial charge in [-0.25, -0.2) is 0 Å². The second-order valence-electron chi connectivity index (χ2n) is 4.40. The first-order valence-corrected chi connectivity index (χ1v) is 6.98. The van der Waals surface area contributed by atoms with Crippen molar-refractivity contribution in [3.63, 3.8) is 0 Å². The lowest BCUT2D eigenvalue weighted by atomic mass is 10.1. The first kappa shape index (κ1) is 13.4. The molecule has 3 heteroatoms. The predicted molar refractivity (Wildman–Crippen MR) is 82.4 cm³/mol. The Morgan fingerprint density at radius 3 is 2.56 bits per heavy atom. The zero-order valence-electron chi connectivity index (χ0n) is 10.4. The van der Waals surface area contributed by atoms with E-state index in [1.807, 2.05) is 18.2 Å². The Morgan fingerprint density at radius 1 is 1.06 bits per heavy atom. The Morgan fingerprint density at radius 2 is 1.83 bits per heavy atom. The molecule has 2 aromatic carbocycles. The molecule has 0 fully saturated rings. The van der Waals surface area contributed by atoms with E-state index < -0.39 is 0 Å². The average Bonchev–Trinajstić information content (AvgIpc) is 2.34. The van der Waals surface area contributed by atoms with Crippen molar-refractivity contribution in [2.24, 2.45) is 0 Å². The number of halogens is 2. The molecule has 94 valence electrons. The monoisotopic (exact) mass is 323 g/mol. The van der Waals surface area contributed by atoms with Crippen LogP contribution < -0.4 is 5.32 Å². The lowest BCUT2D eigenvalue weighted by molar-refractivity contribution is 1.13. The maximum Gasteiger partial charge on any atom is 0.0502 e. The Labute approximate surface area is 121 Å². The van der Waals surface area contributed by atoms with Crippen molar-refractivity contribution in [2.45, 2.75) is 20.4 Å². The predicted octanol–water partition coefficient (Wildman–Crippen LogP) is 5.33. The van der Waals surface area contributed by atoms with Crippen molar-refractivity contribution in [2.75, 3.05) is 5.32 Å². The zero-order valence-corrected chi connectivity index (χ0v) is 12.8. The van der Waals surface area contributed by atoms with E-state index in [2.05, 4.69) is 53.3 Å². The fourth-order valence-corrected chi connectivity index (χ4v) is 2.30. The second kappa shape index (κ2) is 5.77. The van der Waals surface area contributed by atoms with E-state index in [1.165, 1.54) is 16.7 Å². The van der Waals surface area contributed by atoms with Crippen LogP contribution in [0.2, 0.25) is 5.02 Å². The van der Waals surface area contributed by atoms with Crippen LogP contribution in [-0.4, -0.2) is 0 Å². The molecular formula is C15H15BrClN. The molecule has 0 bridgehead atoms. The van der Waals surface area contributed by atoms with Gasteiger partial charge in [0.1, 0.15) is 0 Å². The molecule has 0 heterocycles. The Hall–Kier alpha value is -0.990. The highest BCUT2D eigenvalue weighted by atomic mass is 79.9. The fraction of sp³-hybridized carbons (Fsp3) is 0.200. The van der Waals surface area contributed by atoms with Gasteiger partial charge in [-0.2, -0.15) is 0 Å². The minimum Gasteiger partial charge on any atom is -0.380 e. The largest absolute Gasteiger partial charge is 0.380 e. The summed E-state index contributed by atoms with van der Waals surface area (Å²) in [5, 5.41) is 4.12. The highest BCUT2D eigenvalue weighted by Crippen LogP contribution is 2.26. The molecule has 18 heavy (non-hydrogen) atoms. The number of aryl methyl sites for hydroxylation is 2.